The number of nitrogens with zero attached hydrogens (tertiary/aromatic N) is 1. The lowest BCUT2D eigenvalue weighted by Gasteiger charge is -2.29. The third-order valence-electron chi connectivity index (χ3n) is 5.11. The summed E-state index contributed by atoms with van der Waals surface area (Å²) in [6, 6.07) is 9.51. The molecule has 0 bridgehead atoms. The summed E-state index contributed by atoms with van der Waals surface area (Å²) in [7, 11) is 3.30. The van der Waals surface area contributed by atoms with Crippen molar-refractivity contribution < 1.29 is 23.7 Å². The van der Waals surface area contributed by atoms with Gasteiger partial charge in [-0.3, -0.25) is 9.69 Å². The summed E-state index contributed by atoms with van der Waals surface area (Å²) in [5.41, 5.74) is 3.22. The highest BCUT2D eigenvalue weighted by Gasteiger charge is 2.20. The van der Waals surface area contributed by atoms with Gasteiger partial charge in [-0.2, -0.15) is 0 Å². The monoisotopic (exact) mass is 384 g/mol. The number of carbonyl (C=O) groups excluding carboxylic acids is 1. The van der Waals surface area contributed by atoms with E-state index in [1.165, 1.54) is 11.1 Å². The zero-order chi connectivity index (χ0) is 19.5. The van der Waals surface area contributed by atoms with Crippen molar-refractivity contribution >= 4 is 11.6 Å². The maximum absolute atomic E-state index is 12.3. The number of ether oxygens (including phenoxy) is 4. The average Bonchev–Trinajstić information content (AvgIpc) is 3.18. The van der Waals surface area contributed by atoms with Gasteiger partial charge in [0.15, 0.2) is 23.0 Å². The molecule has 7 nitrogen and oxygen atoms in total. The molecule has 2 aliphatic heterocycles. The van der Waals surface area contributed by atoms with Gasteiger partial charge in [-0.25, -0.2) is 0 Å². The molecule has 0 atom stereocenters. The smallest absolute Gasteiger partial charge is 0.231 e. The highest BCUT2D eigenvalue weighted by Crippen LogP contribution is 2.35. The summed E-state index contributed by atoms with van der Waals surface area (Å²) < 4.78 is 21.4. The fourth-order valence-electron chi connectivity index (χ4n) is 3.59. The second-order valence-corrected chi connectivity index (χ2v) is 6.87. The zero-order valence-electron chi connectivity index (χ0n) is 16.1. The van der Waals surface area contributed by atoms with Crippen LogP contribution < -0.4 is 24.3 Å². The Balaban J connectivity index is 1.32. The predicted molar refractivity (Wildman–Crippen MR) is 104 cm³/mol. The topological polar surface area (TPSA) is 69.3 Å². The van der Waals surface area contributed by atoms with Crippen molar-refractivity contribution in [1.29, 1.82) is 0 Å². The van der Waals surface area contributed by atoms with Crippen molar-refractivity contribution in [2.75, 3.05) is 39.4 Å². The van der Waals surface area contributed by atoms with Crippen molar-refractivity contribution in [3.8, 4) is 23.0 Å². The van der Waals surface area contributed by atoms with Crippen LogP contribution in [0, 0.1) is 0 Å². The molecule has 2 aromatic carbocycles. The summed E-state index contributed by atoms with van der Waals surface area (Å²) in [6.07, 6.45) is 1.36. The zero-order valence-corrected chi connectivity index (χ0v) is 16.1. The number of benzene rings is 2. The van der Waals surface area contributed by atoms with E-state index >= 15 is 0 Å². The number of fused-ring (bicyclic) bond motifs is 2. The van der Waals surface area contributed by atoms with Crippen LogP contribution in [0.1, 0.15) is 17.5 Å². The highest BCUT2D eigenvalue weighted by atomic mass is 16.7. The summed E-state index contributed by atoms with van der Waals surface area (Å²) in [4.78, 5) is 14.6. The van der Waals surface area contributed by atoms with Crippen molar-refractivity contribution in [3.05, 3.63) is 41.5 Å². The second-order valence-electron chi connectivity index (χ2n) is 6.87. The molecular formula is C21H24N2O5. The first-order valence-electron chi connectivity index (χ1n) is 9.32. The van der Waals surface area contributed by atoms with Crippen LogP contribution in [0.25, 0.3) is 0 Å². The van der Waals surface area contributed by atoms with E-state index in [9.17, 15) is 4.79 Å². The molecule has 2 aromatic rings. The molecule has 28 heavy (non-hydrogen) atoms. The first-order valence-corrected chi connectivity index (χ1v) is 9.32. The molecule has 148 valence electrons. The van der Waals surface area contributed by atoms with E-state index in [1.54, 1.807) is 26.4 Å². The molecule has 0 aliphatic carbocycles. The molecule has 0 aromatic heterocycles. The molecule has 0 saturated heterocycles. The summed E-state index contributed by atoms with van der Waals surface area (Å²) in [6.45, 7) is 2.64. The van der Waals surface area contributed by atoms with Crippen LogP contribution in [0.2, 0.25) is 0 Å². The Morgan fingerprint density at radius 1 is 1.07 bits per heavy atom. The van der Waals surface area contributed by atoms with Gasteiger partial charge in [0, 0.05) is 37.8 Å². The Morgan fingerprint density at radius 2 is 1.82 bits per heavy atom. The third kappa shape index (κ3) is 3.84. The summed E-state index contributed by atoms with van der Waals surface area (Å²) in [5, 5.41) is 2.93. The van der Waals surface area contributed by atoms with Gasteiger partial charge >= 0.3 is 0 Å². The SMILES string of the molecule is COc1cc2c(cc1OC)CN(CCC(=O)Nc1ccc3c(c1)OCO3)CC2. The molecule has 0 fully saturated rings. The van der Waals surface area contributed by atoms with E-state index < -0.39 is 0 Å². The van der Waals surface area contributed by atoms with E-state index in [-0.39, 0.29) is 12.7 Å². The first kappa shape index (κ1) is 18.4. The normalized spacial score (nSPS) is 15.1. The highest BCUT2D eigenvalue weighted by molar-refractivity contribution is 5.91. The van der Waals surface area contributed by atoms with Crippen molar-refractivity contribution in [2.45, 2.75) is 19.4 Å². The maximum atomic E-state index is 12.3. The Hall–Kier alpha value is -2.93. The van der Waals surface area contributed by atoms with Crippen molar-refractivity contribution in [3.63, 3.8) is 0 Å². The standard InChI is InChI=1S/C21H24N2O5/c1-25-18-9-14-5-7-23(12-15(14)10-19(18)26-2)8-6-21(24)22-16-3-4-17-20(11-16)28-13-27-17/h3-4,9-11H,5-8,12-13H2,1-2H3,(H,22,24). The van der Waals surface area contributed by atoms with Gasteiger partial charge in [0.2, 0.25) is 12.7 Å². The summed E-state index contributed by atoms with van der Waals surface area (Å²) >= 11 is 0. The molecule has 4 rings (SSSR count). The molecule has 2 aliphatic rings. The molecule has 0 saturated carbocycles. The third-order valence-corrected chi connectivity index (χ3v) is 5.11. The minimum absolute atomic E-state index is 0.0167. The minimum Gasteiger partial charge on any atom is -0.493 e. The molecular weight excluding hydrogens is 360 g/mol. The molecule has 0 unspecified atom stereocenters. The lowest BCUT2D eigenvalue weighted by Crippen LogP contribution is -2.33. The van der Waals surface area contributed by atoms with Gasteiger partial charge in [0.05, 0.1) is 14.2 Å². The van der Waals surface area contributed by atoms with E-state index in [0.29, 0.717) is 24.5 Å². The fraction of sp³-hybridized carbons (Fsp3) is 0.381. The van der Waals surface area contributed by atoms with Gasteiger partial charge in [-0.15, -0.1) is 0 Å². The average molecular weight is 384 g/mol. The van der Waals surface area contributed by atoms with Gasteiger partial charge < -0.3 is 24.3 Å². The van der Waals surface area contributed by atoms with Crippen LogP contribution in [-0.2, 0) is 17.8 Å². The fourth-order valence-corrected chi connectivity index (χ4v) is 3.59. The van der Waals surface area contributed by atoms with Crippen LogP contribution in [0.5, 0.6) is 23.0 Å². The number of carbonyl (C=O) groups is 1. The number of rotatable bonds is 6. The van der Waals surface area contributed by atoms with Crippen molar-refractivity contribution in [2.24, 2.45) is 0 Å². The lowest BCUT2D eigenvalue weighted by atomic mass is 9.98. The lowest BCUT2D eigenvalue weighted by molar-refractivity contribution is -0.116. The van der Waals surface area contributed by atoms with Crippen molar-refractivity contribution in [1.82, 2.24) is 4.90 Å². The van der Waals surface area contributed by atoms with Gasteiger partial charge in [-0.1, -0.05) is 0 Å². The predicted octanol–water partition coefficient (Wildman–Crippen LogP) is 2.82. The number of methoxy groups -OCH3 is 2. The van der Waals surface area contributed by atoms with Crippen LogP contribution >= 0.6 is 0 Å². The van der Waals surface area contributed by atoms with Gasteiger partial charge in [-0.05, 0) is 41.8 Å². The molecule has 7 heteroatoms. The molecule has 2 heterocycles. The summed E-state index contributed by atoms with van der Waals surface area (Å²) in [5.74, 6) is 2.85. The van der Waals surface area contributed by atoms with Crippen LogP contribution in [0.15, 0.2) is 30.3 Å². The maximum Gasteiger partial charge on any atom is 0.231 e. The molecule has 0 spiro atoms. The molecule has 0 radical (unpaired) electrons. The first-order chi connectivity index (χ1) is 13.7. The second kappa shape index (κ2) is 7.98. The van der Waals surface area contributed by atoms with Crippen LogP contribution in [-0.4, -0.2) is 44.9 Å². The number of hydrogen-bond acceptors (Lipinski definition) is 6. The largest absolute Gasteiger partial charge is 0.493 e. The van der Waals surface area contributed by atoms with Crippen LogP contribution in [0.4, 0.5) is 5.69 Å². The van der Waals surface area contributed by atoms with E-state index in [2.05, 4.69) is 16.3 Å². The van der Waals surface area contributed by atoms with Crippen LogP contribution in [0.3, 0.4) is 0 Å². The number of amides is 1. The van der Waals surface area contributed by atoms with E-state index in [4.69, 9.17) is 18.9 Å². The quantitative estimate of drug-likeness (QED) is 0.826. The Kier molecular flexibility index (Phi) is 5.25. The van der Waals surface area contributed by atoms with Gasteiger partial charge in [0.25, 0.3) is 0 Å². The number of anilines is 1. The Labute approximate surface area is 164 Å². The van der Waals surface area contributed by atoms with E-state index in [0.717, 1.165) is 36.7 Å². The number of hydrogen-bond donors (Lipinski definition) is 1. The molecule has 1 N–H and O–H groups in total. The Bertz CT molecular complexity index is 883. The minimum atomic E-state index is -0.0167. The van der Waals surface area contributed by atoms with E-state index in [1.807, 2.05) is 12.1 Å². The number of nitrogens with one attached hydrogen (secondary N) is 1. The Morgan fingerprint density at radius 3 is 2.61 bits per heavy atom. The molecule has 1 amide bonds. The van der Waals surface area contributed by atoms with Gasteiger partial charge in [0.1, 0.15) is 0 Å².